The Labute approximate surface area is 128 Å². The largest absolute Gasteiger partial charge is 0.323 e. The van der Waals surface area contributed by atoms with E-state index in [1.165, 1.54) is 18.2 Å². The van der Waals surface area contributed by atoms with Crippen LogP contribution in [-0.2, 0) is 0 Å². The van der Waals surface area contributed by atoms with E-state index in [9.17, 15) is 14.9 Å². The Morgan fingerprint density at radius 1 is 1.19 bits per heavy atom. The van der Waals surface area contributed by atoms with E-state index in [0.29, 0.717) is 11.4 Å². The number of carbonyl (C=O) groups is 1. The van der Waals surface area contributed by atoms with Gasteiger partial charge in [0.2, 0.25) is 0 Å². The molecule has 0 bridgehead atoms. The van der Waals surface area contributed by atoms with Crippen molar-refractivity contribution in [3.8, 4) is 0 Å². The molecule has 0 unspecified atom stereocenters. The number of nitro groups is 1. The zero-order valence-corrected chi connectivity index (χ0v) is 12.3. The molecule has 0 aliphatic carbocycles. The van der Waals surface area contributed by atoms with Gasteiger partial charge in [-0.1, -0.05) is 15.9 Å². The third-order valence-corrected chi connectivity index (χ3v) is 3.24. The monoisotopic (exact) mass is 350 g/mol. The number of hydrazine groups is 1. The van der Waals surface area contributed by atoms with Crippen LogP contribution < -0.4 is 16.6 Å². The smallest absolute Gasteiger partial charge is 0.270 e. The Morgan fingerprint density at radius 3 is 2.43 bits per heavy atom. The van der Waals surface area contributed by atoms with Gasteiger partial charge in [-0.25, -0.2) is 0 Å². The molecule has 0 heterocycles. The predicted octanol–water partition coefficient (Wildman–Crippen LogP) is 2.90. The van der Waals surface area contributed by atoms with Gasteiger partial charge in [-0.05, 0) is 30.3 Å². The molecule has 2 aromatic carbocycles. The molecule has 2 rings (SSSR count). The fraction of sp³-hybridized carbons (Fsp3) is 0. The van der Waals surface area contributed by atoms with Gasteiger partial charge in [0.05, 0.1) is 16.2 Å². The summed E-state index contributed by atoms with van der Waals surface area (Å²) in [5.74, 6) is 4.83. The quantitative estimate of drug-likeness (QED) is 0.446. The number of anilines is 2. The van der Waals surface area contributed by atoms with Crippen molar-refractivity contribution in [2.75, 3.05) is 10.7 Å². The second kappa shape index (κ2) is 6.33. The molecule has 0 atom stereocenters. The molecule has 108 valence electrons. The molecular formula is C13H11BrN4O3. The second-order valence-electron chi connectivity index (χ2n) is 4.09. The lowest BCUT2D eigenvalue weighted by Crippen LogP contribution is -2.17. The maximum Gasteiger partial charge on any atom is 0.270 e. The fourth-order valence-electron chi connectivity index (χ4n) is 1.69. The van der Waals surface area contributed by atoms with E-state index in [-0.39, 0.29) is 11.3 Å². The maximum atomic E-state index is 12.2. The van der Waals surface area contributed by atoms with Crippen LogP contribution in [0.5, 0.6) is 0 Å². The van der Waals surface area contributed by atoms with Gasteiger partial charge in [0, 0.05) is 22.3 Å². The Balaban J connectivity index is 2.30. The van der Waals surface area contributed by atoms with Gasteiger partial charge in [-0.3, -0.25) is 20.8 Å². The minimum absolute atomic E-state index is 0.0922. The number of rotatable bonds is 4. The Bertz CT molecular complexity index is 688. The van der Waals surface area contributed by atoms with Crippen LogP contribution in [0.25, 0.3) is 0 Å². The van der Waals surface area contributed by atoms with Crippen LogP contribution in [0.4, 0.5) is 17.1 Å². The van der Waals surface area contributed by atoms with E-state index in [2.05, 4.69) is 26.7 Å². The SMILES string of the molecule is NNc1ccc([N+](=O)[O-])cc1C(=O)Nc1ccc(Br)cc1. The summed E-state index contributed by atoms with van der Waals surface area (Å²) in [4.78, 5) is 22.4. The van der Waals surface area contributed by atoms with E-state index in [4.69, 9.17) is 5.84 Å². The molecule has 0 spiro atoms. The number of nitrogens with zero attached hydrogens (tertiary/aromatic N) is 1. The van der Waals surface area contributed by atoms with Crippen molar-refractivity contribution in [2.45, 2.75) is 0 Å². The van der Waals surface area contributed by atoms with Crippen LogP contribution in [0.3, 0.4) is 0 Å². The summed E-state index contributed by atoms with van der Waals surface area (Å²) in [6.45, 7) is 0. The molecule has 0 saturated heterocycles. The first-order valence-electron chi connectivity index (χ1n) is 5.83. The normalized spacial score (nSPS) is 10.0. The van der Waals surface area contributed by atoms with Crippen LogP contribution in [0.1, 0.15) is 10.4 Å². The third kappa shape index (κ3) is 3.56. The average Bonchev–Trinajstić information content (AvgIpc) is 2.48. The number of benzene rings is 2. The number of nitrogens with one attached hydrogen (secondary N) is 2. The van der Waals surface area contributed by atoms with E-state index in [0.717, 1.165) is 4.47 Å². The van der Waals surface area contributed by atoms with Gasteiger partial charge in [-0.15, -0.1) is 0 Å². The molecule has 0 radical (unpaired) electrons. The van der Waals surface area contributed by atoms with E-state index in [1.807, 2.05) is 0 Å². The summed E-state index contributed by atoms with van der Waals surface area (Å²) in [7, 11) is 0. The van der Waals surface area contributed by atoms with Crippen LogP contribution in [0.2, 0.25) is 0 Å². The third-order valence-electron chi connectivity index (χ3n) is 2.72. The van der Waals surface area contributed by atoms with Gasteiger partial charge in [0.25, 0.3) is 11.6 Å². The van der Waals surface area contributed by atoms with Gasteiger partial charge in [0.15, 0.2) is 0 Å². The molecular weight excluding hydrogens is 340 g/mol. The number of nitrogen functional groups attached to an aromatic ring is 1. The molecule has 21 heavy (non-hydrogen) atoms. The van der Waals surface area contributed by atoms with Crippen molar-refractivity contribution < 1.29 is 9.72 Å². The zero-order valence-electron chi connectivity index (χ0n) is 10.7. The van der Waals surface area contributed by atoms with Crippen LogP contribution in [0.15, 0.2) is 46.9 Å². The number of amides is 1. The molecule has 8 heteroatoms. The lowest BCUT2D eigenvalue weighted by Gasteiger charge is -2.09. The van der Waals surface area contributed by atoms with Gasteiger partial charge in [-0.2, -0.15) is 0 Å². The minimum atomic E-state index is -0.573. The molecule has 0 aliphatic rings. The van der Waals surface area contributed by atoms with Crippen molar-refractivity contribution in [1.29, 1.82) is 0 Å². The van der Waals surface area contributed by atoms with Gasteiger partial charge >= 0.3 is 0 Å². The number of hydrogen-bond acceptors (Lipinski definition) is 5. The first kappa shape index (κ1) is 14.9. The summed E-state index contributed by atoms with van der Waals surface area (Å²) >= 11 is 3.29. The average molecular weight is 351 g/mol. The minimum Gasteiger partial charge on any atom is -0.323 e. The van der Waals surface area contributed by atoms with Gasteiger partial charge in [0.1, 0.15) is 0 Å². The standard InChI is InChI=1S/C13H11BrN4O3/c14-8-1-3-9(4-2-8)16-13(19)11-7-10(18(20)21)5-6-12(11)17-15/h1-7,17H,15H2,(H,16,19). The maximum absolute atomic E-state index is 12.2. The zero-order chi connectivity index (χ0) is 15.4. The number of carbonyl (C=O) groups excluding carboxylic acids is 1. The molecule has 0 fully saturated rings. The molecule has 4 N–H and O–H groups in total. The number of nitro benzene ring substituents is 1. The van der Waals surface area contributed by atoms with E-state index in [1.54, 1.807) is 24.3 Å². The second-order valence-corrected chi connectivity index (χ2v) is 5.01. The lowest BCUT2D eigenvalue weighted by molar-refractivity contribution is -0.384. The highest BCUT2D eigenvalue weighted by atomic mass is 79.9. The number of halogens is 1. The van der Waals surface area contributed by atoms with Crippen molar-refractivity contribution in [3.05, 3.63) is 62.6 Å². The highest BCUT2D eigenvalue weighted by Crippen LogP contribution is 2.23. The highest BCUT2D eigenvalue weighted by molar-refractivity contribution is 9.10. The summed E-state index contributed by atoms with van der Waals surface area (Å²) in [6.07, 6.45) is 0. The summed E-state index contributed by atoms with van der Waals surface area (Å²) in [5.41, 5.74) is 3.12. The molecule has 1 amide bonds. The first-order valence-corrected chi connectivity index (χ1v) is 6.62. The molecule has 2 aromatic rings. The number of non-ortho nitro benzene ring substituents is 1. The molecule has 0 aliphatic heterocycles. The Hall–Kier alpha value is -2.45. The fourth-order valence-corrected chi connectivity index (χ4v) is 1.96. The lowest BCUT2D eigenvalue weighted by atomic mass is 10.1. The topological polar surface area (TPSA) is 110 Å². The van der Waals surface area contributed by atoms with Crippen LogP contribution in [-0.4, -0.2) is 10.8 Å². The van der Waals surface area contributed by atoms with Crippen molar-refractivity contribution in [2.24, 2.45) is 5.84 Å². The highest BCUT2D eigenvalue weighted by Gasteiger charge is 2.16. The number of hydrogen-bond donors (Lipinski definition) is 3. The predicted molar refractivity (Wildman–Crippen MR) is 83.0 cm³/mol. The summed E-state index contributed by atoms with van der Waals surface area (Å²) in [5, 5.41) is 13.4. The summed E-state index contributed by atoms with van der Waals surface area (Å²) in [6, 6.07) is 10.8. The molecule has 0 saturated carbocycles. The number of nitrogens with two attached hydrogens (primary N) is 1. The van der Waals surface area contributed by atoms with Crippen molar-refractivity contribution >= 4 is 38.9 Å². The molecule has 7 nitrogen and oxygen atoms in total. The van der Waals surface area contributed by atoms with E-state index >= 15 is 0 Å². The Kier molecular flexibility index (Phi) is 4.51. The van der Waals surface area contributed by atoms with Crippen LogP contribution in [0, 0.1) is 10.1 Å². The van der Waals surface area contributed by atoms with Crippen molar-refractivity contribution in [1.82, 2.24) is 0 Å². The first-order chi connectivity index (χ1) is 10.0. The molecule has 0 aromatic heterocycles. The summed E-state index contributed by atoms with van der Waals surface area (Å²) < 4.78 is 0.875. The van der Waals surface area contributed by atoms with E-state index < -0.39 is 10.8 Å². The van der Waals surface area contributed by atoms with Gasteiger partial charge < -0.3 is 10.7 Å². The Morgan fingerprint density at radius 2 is 1.86 bits per heavy atom. The van der Waals surface area contributed by atoms with Crippen LogP contribution >= 0.6 is 15.9 Å². The van der Waals surface area contributed by atoms with Crippen molar-refractivity contribution in [3.63, 3.8) is 0 Å².